The maximum absolute atomic E-state index is 13.2. The van der Waals surface area contributed by atoms with Crippen LogP contribution in [0.5, 0.6) is 0 Å². The molecule has 6 rings (SSSR count). The highest BCUT2D eigenvalue weighted by Gasteiger charge is 2.27. The van der Waals surface area contributed by atoms with Crippen molar-refractivity contribution in [2.75, 3.05) is 16.0 Å². The highest BCUT2D eigenvalue weighted by molar-refractivity contribution is 6.29. The average Bonchev–Trinajstić information content (AvgIpc) is 3.69. The van der Waals surface area contributed by atoms with Crippen LogP contribution in [-0.2, 0) is 11.2 Å². The molecular weight excluding hydrogens is 554 g/mol. The van der Waals surface area contributed by atoms with E-state index in [4.69, 9.17) is 22.4 Å². The van der Waals surface area contributed by atoms with E-state index < -0.39 is 6.04 Å². The number of nitrogens with one attached hydrogen (secondary N) is 3. The number of nitrogens with two attached hydrogens (primary N) is 1. The van der Waals surface area contributed by atoms with Crippen LogP contribution in [0.3, 0.4) is 0 Å². The first-order valence-electron chi connectivity index (χ1n) is 14.4. The summed E-state index contributed by atoms with van der Waals surface area (Å²) in [5.41, 5.74) is 9.53. The van der Waals surface area contributed by atoms with E-state index in [0.29, 0.717) is 52.8 Å². The summed E-state index contributed by atoms with van der Waals surface area (Å²) in [7, 11) is 0. The molecule has 11 nitrogen and oxygen atoms in total. The van der Waals surface area contributed by atoms with Gasteiger partial charge in [0, 0.05) is 48.8 Å². The van der Waals surface area contributed by atoms with Gasteiger partial charge in [0.1, 0.15) is 16.8 Å². The fourth-order valence-corrected chi connectivity index (χ4v) is 5.64. The van der Waals surface area contributed by atoms with Crippen molar-refractivity contribution in [1.82, 2.24) is 24.6 Å². The Morgan fingerprint density at radius 2 is 1.71 bits per heavy atom. The van der Waals surface area contributed by atoms with Crippen LogP contribution in [0.25, 0.3) is 5.65 Å². The number of rotatable bonds is 11. The SMILES string of the molecule is N[C@H](Cc1ccncc1)C(=O)CC1CCC(Nc2cc(NC3CC3)c3ncc(C(=O)Nc4ccnc(Cl)c4)n3n2)CC1. The molecule has 4 heterocycles. The van der Waals surface area contributed by atoms with E-state index in [-0.39, 0.29) is 17.7 Å². The third-order valence-corrected chi connectivity index (χ3v) is 8.14. The van der Waals surface area contributed by atoms with Crippen LogP contribution in [0.15, 0.2) is 55.1 Å². The van der Waals surface area contributed by atoms with Gasteiger partial charge in [-0.15, -0.1) is 5.10 Å². The van der Waals surface area contributed by atoms with Crippen LogP contribution in [0.1, 0.15) is 61.0 Å². The number of carbonyl (C=O) groups is 2. The molecule has 1 atom stereocenters. The van der Waals surface area contributed by atoms with Crippen LogP contribution < -0.4 is 21.7 Å². The van der Waals surface area contributed by atoms with Crippen molar-refractivity contribution in [3.05, 3.63) is 71.5 Å². The summed E-state index contributed by atoms with van der Waals surface area (Å²) in [5, 5.41) is 15.0. The van der Waals surface area contributed by atoms with Crippen LogP contribution >= 0.6 is 11.6 Å². The maximum atomic E-state index is 13.2. The van der Waals surface area contributed by atoms with Gasteiger partial charge in [0.05, 0.1) is 17.9 Å². The van der Waals surface area contributed by atoms with Gasteiger partial charge in [0.25, 0.3) is 5.91 Å². The molecule has 2 saturated carbocycles. The number of aromatic nitrogens is 5. The first-order valence-corrected chi connectivity index (χ1v) is 14.8. The Balaban J connectivity index is 1.10. The van der Waals surface area contributed by atoms with Crippen LogP contribution in [0.2, 0.25) is 5.15 Å². The number of carbonyl (C=O) groups excluding carboxylic acids is 2. The van der Waals surface area contributed by atoms with Crippen molar-refractivity contribution >= 4 is 46.1 Å². The molecular formula is C30H34ClN9O2. The number of ketones is 1. The van der Waals surface area contributed by atoms with Gasteiger partial charge in [-0.1, -0.05) is 11.6 Å². The second-order valence-electron chi connectivity index (χ2n) is 11.3. The molecule has 0 bridgehead atoms. The zero-order chi connectivity index (χ0) is 29.1. The minimum Gasteiger partial charge on any atom is -0.379 e. The first kappa shape index (κ1) is 28.0. The summed E-state index contributed by atoms with van der Waals surface area (Å²) in [6.07, 6.45) is 13.5. The molecule has 5 N–H and O–H groups in total. The third-order valence-electron chi connectivity index (χ3n) is 7.93. The molecule has 0 aliphatic heterocycles. The minimum absolute atomic E-state index is 0.117. The van der Waals surface area contributed by atoms with Gasteiger partial charge < -0.3 is 21.7 Å². The van der Waals surface area contributed by atoms with Crippen LogP contribution in [0.4, 0.5) is 17.2 Å². The lowest BCUT2D eigenvalue weighted by molar-refractivity contribution is -0.121. The van der Waals surface area contributed by atoms with Gasteiger partial charge in [-0.25, -0.2) is 14.5 Å². The van der Waals surface area contributed by atoms with Crippen molar-refractivity contribution in [2.45, 2.75) is 69.5 Å². The minimum atomic E-state index is -0.492. The number of pyridine rings is 2. The van der Waals surface area contributed by atoms with E-state index in [1.807, 2.05) is 18.2 Å². The second kappa shape index (κ2) is 12.4. The monoisotopic (exact) mass is 587 g/mol. The van der Waals surface area contributed by atoms with Crippen molar-refractivity contribution in [3.8, 4) is 0 Å². The van der Waals surface area contributed by atoms with Gasteiger partial charge in [-0.2, -0.15) is 0 Å². The molecule has 12 heteroatoms. The molecule has 218 valence electrons. The molecule has 1 amide bonds. The molecule has 2 fully saturated rings. The Morgan fingerprint density at radius 3 is 2.45 bits per heavy atom. The fraction of sp³-hybridized carbons (Fsp3) is 0.400. The Labute approximate surface area is 248 Å². The zero-order valence-corrected chi connectivity index (χ0v) is 23.9. The number of hydrogen-bond donors (Lipinski definition) is 4. The van der Waals surface area contributed by atoms with Gasteiger partial charge in [0.15, 0.2) is 11.3 Å². The quantitative estimate of drug-likeness (QED) is 0.186. The van der Waals surface area contributed by atoms with Gasteiger partial charge in [-0.3, -0.25) is 14.6 Å². The number of halogens is 1. The number of hydrogen-bond acceptors (Lipinski definition) is 9. The smallest absolute Gasteiger partial charge is 0.276 e. The highest BCUT2D eigenvalue weighted by Crippen LogP contribution is 2.32. The number of fused-ring (bicyclic) bond motifs is 1. The van der Waals surface area contributed by atoms with Crippen LogP contribution in [0, 0.1) is 5.92 Å². The normalized spacial score (nSPS) is 19.3. The third kappa shape index (κ3) is 6.85. The number of imidazole rings is 1. The summed E-state index contributed by atoms with van der Waals surface area (Å²) < 4.78 is 1.58. The molecule has 0 spiro atoms. The number of Topliss-reactive ketones (excluding diaryl/α,β-unsaturated/α-hetero) is 1. The summed E-state index contributed by atoms with van der Waals surface area (Å²) >= 11 is 5.98. The zero-order valence-electron chi connectivity index (χ0n) is 23.2. The number of nitrogens with zero attached hydrogens (tertiary/aromatic N) is 5. The lowest BCUT2D eigenvalue weighted by atomic mass is 9.82. The second-order valence-corrected chi connectivity index (χ2v) is 11.6. The maximum Gasteiger partial charge on any atom is 0.276 e. The molecule has 0 aromatic carbocycles. The Hall–Kier alpha value is -4.09. The molecule has 0 saturated heterocycles. The Kier molecular flexibility index (Phi) is 8.29. The summed E-state index contributed by atoms with van der Waals surface area (Å²) in [6.45, 7) is 0. The predicted molar refractivity (Wildman–Crippen MR) is 162 cm³/mol. The van der Waals surface area contributed by atoms with Crippen molar-refractivity contribution in [2.24, 2.45) is 11.7 Å². The van der Waals surface area contributed by atoms with Gasteiger partial charge in [-0.05, 0) is 80.7 Å². The van der Waals surface area contributed by atoms with Crippen molar-refractivity contribution in [1.29, 1.82) is 0 Å². The van der Waals surface area contributed by atoms with Crippen molar-refractivity contribution in [3.63, 3.8) is 0 Å². The summed E-state index contributed by atoms with van der Waals surface area (Å²) in [4.78, 5) is 38.5. The number of amides is 1. The lowest BCUT2D eigenvalue weighted by Gasteiger charge is -2.29. The van der Waals surface area contributed by atoms with E-state index in [1.54, 1.807) is 29.0 Å². The molecule has 2 aliphatic carbocycles. The van der Waals surface area contributed by atoms with E-state index in [0.717, 1.165) is 49.8 Å². The van der Waals surface area contributed by atoms with E-state index in [9.17, 15) is 9.59 Å². The largest absolute Gasteiger partial charge is 0.379 e. The fourth-order valence-electron chi connectivity index (χ4n) is 5.47. The summed E-state index contributed by atoms with van der Waals surface area (Å²) in [6, 6.07) is 9.14. The predicted octanol–water partition coefficient (Wildman–Crippen LogP) is 4.50. The van der Waals surface area contributed by atoms with Gasteiger partial charge in [0.2, 0.25) is 0 Å². The van der Waals surface area contributed by atoms with Gasteiger partial charge >= 0.3 is 0 Å². The first-order chi connectivity index (χ1) is 20.4. The average molecular weight is 588 g/mol. The molecule has 42 heavy (non-hydrogen) atoms. The molecule has 4 aromatic rings. The van der Waals surface area contributed by atoms with Crippen molar-refractivity contribution < 1.29 is 9.59 Å². The highest BCUT2D eigenvalue weighted by atomic mass is 35.5. The molecule has 2 aliphatic rings. The topological polar surface area (TPSA) is 152 Å². The Morgan fingerprint density at radius 1 is 0.976 bits per heavy atom. The summed E-state index contributed by atoms with van der Waals surface area (Å²) in [5.74, 6) is 0.765. The van der Waals surface area contributed by atoms with E-state index >= 15 is 0 Å². The molecule has 4 aromatic heterocycles. The molecule has 0 unspecified atom stereocenters. The van der Waals surface area contributed by atoms with E-state index in [2.05, 4.69) is 30.9 Å². The molecule has 0 radical (unpaired) electrons. The van der Waals surface area contributed by atoms with E-state index in [1.165, 1.54) is 12.4 Å². The lowest BCUT2D eigenvalue weighted by Crippen LogP contribution is -2.35. The standard InChI is InChI=1S/C30H34ClN9O2/c31-27-15-22(9-12-34-27)38-30(42)25-17-35-29-24(36-20-5-6-20)16-28(39-40(25)29)37-21-3-1-18(2-4-21)14-26(41)23(32)13-19-7-10-33-11-8-19/h7-12,15-18,20-21,23,36H,1-6,13-14,32H2,(H,37,39)(H,34,38,42)/t18?,21?,23-/m1/s1. The Bertz CT molecular complexity index is 1570. The van der Waals surface area contributed by atoms with Crippen LogP contribution in [-0.4, -0.2) is 54.4 Å². The number of anilines is 3.